The van der Waals surface area contributed by atoms with Crippen LogP contribution in [0, 0.1) is 20.8 Å². The third-order valence-electron chi connectivity index (χ3n) is 9.37. The van der Waals surface area contributed by atoms with Gasteiger partial charge in [0.1, 0.15) is 34.5 Å². The van der Waals surface area contributed by atoms with Crippen LogP contribution >= 0.6 is 0 Å². The van der Waals surface area contributed by atoms with Crippen LogP contribution in [0.2, 0.25) is 0 Å². The van der Waals surface area contributed by atoms with Crippen LogP contribution in [0.5, 0.6) is 34.5 Å². The van der Waals surface area contributed by atoms with Gasteiger partial charge in [-0.25, -0.2) is 0 Å². The first-order chi connectivity index (χ1) is 29.0. The van der Waals surface area contributed by atoms with Crippen molar-refractivity contribution in [2.24, 2.45) is 0 Å². The Morgan fingerprint density at radius 2 is 0.852 bits per heavy atom. The number of phenols is 3. The van der Waals surface area contributed by atoms with Crippen LogP contribution in [-0.4, -0.2) is 44.8 Å². The summed E-state index contributed by atoms with van der Waals surface area (Å²) in [5.41, 5.74) is 3.72. The number of ether oxygens (including phenoxy) is 3. The van der Waals surface area contributed by atoms with Crippen molar-refractivity contribution in [3.63, 3.8) is 0 Å². The van der Waals surface area contributed by atoms with Crippen LogP contribution in [0.1, 0.15) is 65.1 Å². The third-order valence-corrected chi connectivity index (χ3v) is 9.37. The number of hydrogen-bond acceptors (Lipinski definition) is 11. The van der Waals surface area contributed by atoms with E-state index in [0.29, 0.717) is 55.7 Å². The molecule has 11 nitrogen and oxygen atoms in total. The smallest absolute Gasteiger partial charge is 0.308 e. The average Bonchev–Trinajstić information content (AvgIpc) is 3.22. The summed E-state index contributed by atoms with van der Waals surface area (Å²) in [5, 5.41) is 33.3. The fraction of sp³-hybridized carbons (Fsp3) is 0.140. The summed E-state index contributed by atoms with van der Waals surface area (Å²) in [5.74, 6) is 0.889. The van der Waals surface area contributed by atoms with Gasteiger partial charge in [-0.1, -0.05) is 97.1 Å². The molecule has 0 saturated heterocycles. The van der Waals surface area contributed by atoms with Crippen molar-refractivity contribution in [1.82, 2.24) is 0 Å². The Kier molecular flexibility index (Phi) is 14.0. The molecular formula is C50H44O11. The molecule has 3 N–H and O–H groups in total. The lowest BCUT2D eigenvalue weighted by molar-refractivity contribution is -0.132. The monoisotopic (exact) mass is 820 g/mol. The zero-order valence-corrected chi connectivity index (χ0v) is 34.7. The topological polar surface area (TPSA) is 174 Å². The molecule has 11 heteroatoms. The molecule has 0 spiro atoms. The van der Waals surface area contributed by atoms with E-state index in [1.54, 1.807) is 88.4 Å². The van der Waals surface area contributed by atoms with Gasteiger partial charge in [-0.2, -0.15) is 0 Å². The maximum absolute atomic E-state index is 11.5. The first kappa shape index (κ1) is 44.3. The number of ketones is 2. The quantitative estimate of drug-likeness (QED) is 0.0879. The number of esters is 3. The minimum Gasteiger partial charge on any atom is -0.507 e. The second-order valence-electron chi connectivity index (χ2n) is 14.1. The summed E-state index contributed by atoms with van der Waals surface area (Å²) in [6.07, 6.45) is 1.39. The molecule has 0 aromatic heterocycles. The van der Waals surface area contributed by atoms with Gasteiger partial charge in [0.25, 0.3) is 0 Å². The molecule has 0 saturated carbocycles. The number of aromatic hydroxyl groups is 3. The van der Waals surface area contributed by atoms with Crippen molar-refractivity contribution in [3.05, 3.63) is 155 Å². The highest BCUT2D eigenvalue weighted by atomic mass is 16.5. The molecular weight excluding hydrogens is 777 g/mol. The zero-order chi connectivity index (χ0) is 44.5. The number of hydrogen-bond donors (Lipinski definition) is 3. The second kappa shape index (κ2) is 19.3. The maximum Gasteiger partial charge on any atom is 0.308 e. The van der Waals surface area contributed by atoms with Crippen molar-refractivity contribution in [2.45, 2.75) is 48.5 Å². The fourth-order valence-electron chi connectivity index (χ4n) is 6.64. The van der Waals surface area contributed by atoms with E-state index in [1.807, 2.05) is 54.6 Å². The van der Waals surface area contributed by atoms with Crippen molar-refractivity contribution in [2.75, 3.05) is 0 Å². The molecule has 0 atom stereocenters. The summed E-state index contributed by atoms with van der Waals surface area (Å²) in [7, 11) is 0. The van der Waals surface area contributed by atoms with Gasteiger partial charge in [-0.05, 0) is 68.7 Å². The summed E-state index contributed by atoms with van der Waals surface area (Å²) in [4.78, 5) is 56.3. The highest BCUT2D eigenvalue weighted by Gasteiger charge is 2.22. The molecule has 0 fully saturated rings. The Morgan fingerprint density at radius 1 is 0.459 bits per heavy atom. The van der Waals surface area contributed by atoms with Crippen LogP contribution in [0.15, 0.2) is 127 Å². The average molecular weight is 821 g/mol. The Hall–Kier alpha value is -7.79. The Morgan fingerprint density at radius 3 is 1.38 bits per heavy atom. The van der Waals surface area contributed by atoms with E-state index in [4.69, 9.17) is 14.2 Å². The molecule has 0 radical (unpaired) electrons. The number of phenolic OH excluding ortho intramolecular Hbond substituents is 3. The number of benzene rings is 7. The Bertz CT molecular complexity index is 2890. The Balaban J connectivity index is 0.000000156. The van der Waals surface area contributed by atoms with Gasteiger partial charge in [0.05, 0.1) is 0 Å². The van der Waals surface area contributed by atoms with Gasteiger partial charge in [0.15, 0.2) is 11.6 Å². The van der Waals surface area contributed by atoms with Gasteiger partial charge >= 0.3 is 17.9 Å². The molecule has 7 aromatic carbocycles. The van der Waals surface area contributed by atoms with Crippen molar-refractivity contribution in [1.29, 1.82) is 0 Å². The van der Waals surface area contributed by atoms with Crippen molar-refractivity contribution in [3.8, 4) is 34.5 Å². The minimum atomic E-state index is -0.384. The molecule has 1 aliphatic rings. The number of carbonyl (C=O) groups is 5. The molecule has 7 aromatic rings. The summed E-state index contributed by atoms with van der Waals surface area (Å²) < 4.78 is 15.6. The Labute approximate surface area is 352 Å². The van der Waals surface area contributed by atoms with Gasteiger partial charge in [-0.15, -0.1) is 0 Å². The van der Waals surface area contributed by atoms with Gasteiger partial charge in [0, 0.05) is 69.8 Å². The normalized spacial score (nSPS) is 11.4. The van der Waals surface area contributed by atoms with Crippen molar-refractivity contribution < 1.29 is 53.5 Å². The van der Waals surface area contributed by atoms with Crippen LogP contribution in [-0.2, 0) is 14.4 Å². The molecule has 0 aliphatic heterocycles. The first-order valence-corrected chi connectivity index (χ1v) is 19.0. The van der Waals surface area contributed by atoms with Crippen LogP contribution < -0.4 is 14.2 Å². The summed E-state index contributed by atoms with van der Waals surface area (Å²) in [6, 6.07) is 33.6. The van der Waals surface area contributed by atoms with Crippen LogP contribution in [0.3, 0.4) is 0 Å². The molecule has 310 valence electrons. The maximum atomic E-state index is 11.5. The predicted molar refractivity (Wildman–Crippen MR) is 234 cm³/mol. The first-order valence-electron chi connectivity index (χ1n) is 19.0. The van der Waals surface area contributed by atoms with E-state index < -0.39 is 0 Å². The van der Waals surface area contributed by atoms with Crippen LogP contribution in [0.4, 0.5) is 0 Å². The van der Waals surface area contributed by atoms with E-state index in [-0.39, 0.29) is 46.7 Å². The number of aryl methyl sites for hydroxylation is 3. The molecule has 0 unspecified atom stereocenters. The molecule has 61 heavy (non-hydrogen) atoms. The van der Waals surface area contributed by atoms with Gasteiger partial charge < -0.3 is 29.5 Å². The van der Waals surface area contributed by atoms with E-state index in [0.717, 1.165) is 27.3 Å². The van der Waals surface area contributed by atoms with Crippen molar-refractivity contribution >= 4 is 61.8 Å². The number of rotatable bonds is 3. The zero-order valence-electron chi connectivity index (χ0n) is 34.7. The van der Waals surface area contributed by atoms with E-state index >= 15 is 0 Å². The molecule has 0 amide bonds. The third kappa shape index (κ3) is 10.5. The molecule has 8 rings (SSSR count). The van der Waals surface area contributed by atoms with E-state index in [1.165, 1.54) is 26.8 Å². The molecule has 1 aliphatic carbocycles. The van der Waals surface area contributed by atoms with E-state index in [9.17, 15) is 39.3 Å². The highest BCUT2D eigenvalue weighted by molar-refractivity contribution is 6.24. The number of fused-ring (bicyclic) bond motifs is 4. The standard InChI is InChI=1S/C15H14O4.C13H12O3.C11H10O2.C11H8O2/c1-9-8-14(18-10(2)16)12-6-4-5-7-13(12)15(9)19-11(3)17;1-8-7-12(15)10-5-3-4-6-11(10)13(8)16-9(2)14;2*1-7-6-10(12)8-4-2-3-5-9(8)11(7)13/h4-8H,1-3H3;3-7,15H,1-2H3;2-6,12-13H,1H3;2-6H,1H3. The van der Waals surface area contributed by atoms with Crippen LogP contribution in [0.25, 0.3) is 32.3 Å². The number of allylic oxidation sites excluding steroid dienone is 2. The lowest BCUT2D eigenvalue weighted by Gasteiger charge is -2.13. The number of carbonyl (C=O) groups excluding carboxylic acids is 5. The van der Waals surface area contributed by atoms with Gasteiger partial charge in [-0.3, -0.25) is 24.0 Å². The van der Waals surface area contributed by atoms with Gasteiger partial charge in [0.2, 0.25) is 0 Å². The van der Waals surface area contributed by atoms with E-state index in [2.05, 4.69) is 0 Å². The lowest BCUT2D eigenvalue weighted by atomic mass is 9.90. The predicted octanol–water partition coefficient (Wildman–Crippen LogP) is 10.3. The molecule has 0 heterocycles. The largest absolute Gasteiger partial charge is 0.507 e. The summed E-state index contributed by atoms with van der Waals surface area (Å²) >= 11 is 0. The minimum absolute atomic E-state index is 0.0461. The molecule has 0 bridgehead atoms. The number of Topliss-reactive ketones (excluding diaryl/α,β-unsaturated/α-hetero) is 1. The summed E-state index contributed by atoms with van der Waals surface area (Å²) in [6.45, 7) is 11.1. The SMILES string of the molecule is CC(=O)Oc1c(C)cc(O)c2ccccc12.CC(=O)Oc1cc(C)c(OC(C)=O)c2ccccc12.CC1=CC(=O)c2ccccc2C1=O.Cc1cc(O)c2ccccc2c1O. The highest BCUT2D eigenvalue weighted by Crippen LogP contribution is 2.38. The lowest BCUT2D eigenvalue weighted by Crippen LogP contribution is -2.14. The fourth-order valence-corrected chi connectivity index (χ4v) is 6.64. The second-order valence-corrected chi connectivity index (χ2v) is 14.1.